The Morgan fingerprint density at radius 3 is 2.78 bits per heavy atom. The van der Waals surface area contributed by atoms with Crippen molar-refractivity contribution in [3.63, 3.8) is 0 Å². The molecule has 18 heavy (non-hydrogen) atoms. The van der Waals surface area contributed by atoms with Crippen molar-refractivity contribution in [3.8, 4) is 0 Å². The summed E-state index contributed by atoms with van der Waals surface area (Å²) in [6.45, 7) is 1.47. The number of aliphatic hydroxyl groups excluding tert-OH is 2. The summed E-state index contributed by atoms with van der Waals surface area (Å²) in [6, 6.07) is 0. The number of fused-ring (bicyclic) bond motifs is 1. The molecule has 1 saturated heterocycles. The number of carbonyl (C=O) groups is 2. The molecule has 8 heteroatoms. The van der Waals surface area contributed by atoms with Crippen molar-refractivity contribution in [1.29, 1.82) is 0 Å². The van der Waals surface area contributed by atoms with Gasteiger partial charge in [-0.15, -0.1) is 11.8 Å². The van der Waals surface area contributed by atoms with Crippen molar-refractivity contribution < 1.29 is 24.9 Å². The summed E-state index contributed by atoms with van der Waals surface area (Å²) in [5, 5.41) is 27.1. The number of hydrogen-bond donors (Lipinski definition) is 3. The van der Waals surface area contributed by atoms with Crippen molar-refractivity contribution in [2.45, 2.75) is 18.4 Å². The molecule has 100 valence electrons. The molecule has 3 N–H and O–H groups in total. The number of nitrogens with zero attached hydrogens (tertiary/aromatic N) is 1. The lowest BCUT2D eigenvalue weighted by Crippen LogP contribution is -2.60. The number of rotatable bonds is 5. The highest BCUT2D eigenvalue weighted by Gasteiger charge is 2.57. The molecule has 0 bridgehead atoms. The number of carbonyl (C=O) groups excluding carboxylic acids is 1. The van der Waals surface area contributed by atoms with Crippen molar-refractivity contribution >= 4 is 35.4 Å². The lowest BCUT2D eigenvalue weighted by atomic mass is 9.92. The Hall–Kier alpha value is -0.700. The van der Waals surface area contributed by atoms with Crippen LogP contribution in [0.1, 0.15) is 6.92 Å². The van der Waals surface area contributed by atoms with Crippen LogP contribution in [0.3, 0.4) is 0 Å². The zero-order valence-corrected chi connectivity index (χ0v) is 11.2. The Morgan fingerprint density at radius 2 is 2.28 bits per heavy atom. The molecule has 0 aromatic carbocycles. The van der Waals surface area contributed by atoms with Crippen LogP contribution in [0.4, 0.5) is 0 Å². The number of β-lactam (4-membered cyclic amide) rings is 1. The molecule has 6 nitrogen and oxygen atoms in total. The molecule has 2 aliphatic rings. The van der Waals surface area contributed by atoms with Gasteiger partial charge in [0, 0.05) is 5.75 Å². The Labute approximate surface area is 112 Å². The minimum Gasteiger partial charge on any atom is -0.477 e. The molecule has 0 aliphatic carbocycles. The first kappa shape index (κ1) is 13.7. The first-order valence-corrected chi connectivity index (χ1v) is 7.24. The van der Waals surface area contributed by atoms with E-state index in [9.17, 15) is 14.7 Å². The Kier molecular flexibility index (Phi) is 3.90. The second-order valence-corrected chi connectivity index (χ2v) is 6.49. The van der Waals surface area contributed by atoms with Crippen LogP contribution in [0.25, 0.3) is 0 Å². The minimum atomic E-state index is -1.15. The quantitative estimate of drug-likeness (QED) is 0.607. The number of aliphatic hydroxyl groups is 2. The van der Waals surface area contributed by atoms with Gasteiger partial charge >= 0.3 is 5.97 Å². The summed E-state index contributed by atoms with van der Waals surface area (Å²) in [5.74, 6) is -1.66. The number of hydrogen-bond acceptors (Lipinski definition) is 6. The van der Waals surface area contributed by atoms with E-state index in [1.165, 1.54) is 35.3 Å². The molecule has 3 atom stereocenters. The third kappa shape index (κ3) is 2.03. The van der Waals surface area contributed by atoms with Crippen LogP contribution in [0.15, 0.2) is 9.93 Å². The van der Waals surface area contributed by atoms with E-state index in [1.807, 2.05) is 0 Å². The van der Waals surface area contributed by atoms with Gasteiger partial charge in [0.05, 0.1) is 22.9 Å². The van der Waals surface area contributed by atoms with Crippen LogP contribution >= 0.6 is 23.5 Å². The minimum absolute atomic E-state index is 0.0228. The van der Waals surface area contributed by atoms with E-state index in [-0.39, 0.29) is 23.6 Å². The number of carboxylic acids is 1. The monoisotopic (exact) mass is 291 g/mol. The summed E-state index contributed by atoms with van der Waals surface area (Å²) in [6.07, 6.45) is -0.788. The van der Waals surface area contributed by atoms with E-state index in [4.69, 9.17) is 10.2 Å². The molecule has 0 aromatic rings. The molecule has 0 saturated carbocycles. The van der Waals surface area contributed by atoms with Gasteiger partial charge in [0.25, 0.3) is 0 Å². The lowest BCUT2D eigenvalue weighted by Gasteiger charge is -2.43. The van der Waals surface area contributed by atoms with Crippen LogP contribution in [-0.2, 0) is 9.59 Å². The van der Waals surface area contributed by atoms with Crippen LogP contribution in [0.5, 0.6) is 0 Å². The third-order valence-corrected chi connectivity index (χ3v) is 5.43. The van der Waals surface area contributed by atoms with Crippen molar-refractivity contribution in [2.75, 3.05) is 12.4 Å². The smallest absolute Gasteiger partial charge is 0.354 e. The fourth-order valence-electron chi connectivity index (χ4n) is 1.99. The summed E-state index contributed by atoms with van der Waals surface area (Å²) in [5.41, 5.74) is -0.0228. The first-order chi connectivity index (χ1) is 8.49. The number of carboxylic acid groups (broad SMARTS) is 1. The van der Waals surface area contributed by atoms with Gasteiger partial charge in [-0.3, -0.25) is 9.69 Å². The SMILES string of the molecule is CC(O)[C@@H]1C(=O)N2C(C(=O)O)=C(SCCO)S[C@H]12. The molecule has 0 spiro atoms. The molecule has 2 aliphatic heterocycles. The molecule has 2 heterocycles. The first-order valence-electron chi connectivity index (χ1n) is 5.38. The highest BCUT2D eigenvalue weighted by Crippen LogP contribution is 2.53. The van der Waals surface area contributed by atoms with Crippen molar-refractivity contribution in [3.05, 3.63) is 9.93 Å². The normalized spacial score (nSPS) is 28.2. The van der Waals surface area contributed by atoms with Gasteiger partial charge in [0.15, 0.2) is 5.70 Å². The van der Waals surface area contributed by atoms with Gasteiger partial charge in [0.1, 0.15) is 5.37 Å². The molecule has 0 radical (unpaired) electrons. The van der Waals surface area contributed by atoms with Crippen LogP contribution in [0.2, 0.25) is 0 Å². The molecular formula is C10H13NO5S2. The predicted octanol–water partition coefficient (Wildman–Crippen LogP) is -0.122. The van der Waals surface area contributed by atoms with E-state index in [2.05, 4.69) is 0 Å². The molecule has 2 rings (SSSR count). The van der Waals surface area contributed by atoms with Crippen LogP contribution in [0, 0.1) is 5.92 Å². The summed E-state index contributed by atoms with van der Waals surface area (Å²) >= 11 is 2.49. The topological polar surface area (TPSA) is 98.1 Å². The van der Waals surface area contributed by atoms with Crippen molar-refractivity contribution in [1.82, 2.24) is 4.90 Å². The van der Waals surface area contributed by atoms with Gasteiger partial charge in [-0.05, 0) is 6.92 Å². The van der Waals surface area contributed by atoms with E-state index >= 15 is 0 Å². The van der Waals surface area contributed by atoms with Gasteiger partial charge in [0.2, 0.25) is 5.91 Å². The molecule has 1 amide bonds. The highest BCUT2D eigenvalue weighted by atomic mass is 32.2. The van der Waals surface area contributed by atoms with E-state index < -0.39 is 18.0 Å². The summed E-state index contributed by atoms with van der Waals surface area (Å²) < 4.78 is 0.526. The largest absolute Gasteiger partial charge is 0.477 e. The number of amides is 1. The molecular weight excluding hydrogens is 278 g/mol. The Bertz CT molecular complexity index is 422. The van der Waals surface area contributed by atoms with Gasteiger partial charge in [-0.2, -0.15) is 0 Å². The summed E-state index contributed by atoms with van der Waals surface area (Å²) in [7, 11) is 0. The fourth-order valence-corrected chi connectivity index (χ4v) is 4.73. The second-order valence-electron chi connectivity index (χ2n) is 4.00. The fraction of sp³-hybridized carbons (Fsp3) is 0.600. The predicted molar refractivity (Wildman–Crippen MR) is 67.6 cm³/mol. The molecule has 0 aromatic heterocycles. The van der Waals surface area contributed by atoms with Crippen LogP contribution < -0.4 is 0 Å². The van der Waals surface area contributed by atoms with Gasteiger partial charge in [-0.1, -0.05) is 11.8 Å². The third-order valence-electron chi connectivity index (χ3n) is 2.79. The zero-order valence-electron chi connectivity index (χ0n) is 9.57. The maximum Gasteiger partial charge on any atom is 0.354 e. The van der Waals surface area contributed by atoms with Crippen molar-refractivity contribution in [2.24, 2.45) is 5.92 Å². The number of thioether (sulfide) groups is 2. The molecule has 1 unspecified atom stereocenters. The maximum atomic E-state index is 11.8. The average molecular weight is 291 g/mol. The Morgan fingerprint density at radius 1 is 1.61 bits per heavy atom. The van der Waals surface area contributed by atoms with E-state index in [1.54, 1.807) is 0 Å². The van der Waals surface area contributed by atoms with E-state index in [0.717, 1.165) is 0 Å². The Balaban J connectivity index is 2.21. The maximum absolute atomic E-state index is 11.8. The second kappa shape index (κ2) is 5.12. The summed E-state index contributed by atoms with van der Waals surface area (Å²) in [4.78, 5) is 24.2. The van der Waals surface area contributed by atoms with E-state index in [0.29, 0.717) is 9.99 Å². The highest BCUT2D eigenvalue weighted by molar-refractivity contribution is 8.22. The zero-order chi connectivity index (χ0) is 13.4. The lowest BCUT2D eigenvalue weighted by molar-refractivity contribution is -0.156. The molecule has 1 fully saturated rings. The standard InChI is InChI=1S/C10H13NO5S2/c1-4(13)5-7(14)11-6(9(15)16)10(17-3-2-12)18-8(5)11/h4-5,8,12-13H,2-3H2,1H3,(H,15,16)/t4?,5-,8-/m1/s1. The van der Waals surface area contributed by atoms with Crippen LogP contribution in [-0.4, -0.2) is 55.9 Å². The number of aliphatic carboxylic acids is 1. The van der Waals surface area contributed by atoms with Gasteiger partial charge in [-0.25, -0.2) is 4.79 Å². The van der Waals surface area contributed by atoms with Gasteiger partial charge < -0.3 is 15.3 Å². The average Bonchev–Trinajstić information content (AvgIpc) is 2.60.